The van der Waals surface area contributed by atoms with Crippen LogP contribution in [0, 0.1) is 0 Å². The molecule has 1 unspecified atom stereocenters. The molecule has 0 bridgehead atoms. The van der Waals surface area contributed by atoms with Crippen LogP contribution in [0.5, 0.6) is 0 Å². The van der Waals surface area contributed by atoms with E-state index in [2.05, 4.69) is 23.2 Å². The molecule has 0 radical (unpaired) electrons. The fourth-order valence-electron chi connectivity index (χ4n) is 2.53. The van der Waals surface area contributed by atoms with Crippen LogP contribution in [-0.2, 0) is 29.4 Å². The summed E-state index contributed by atoms with van der Waals surface area (Å²) in [6.45, 7) is 0. The van der Waals surface area contributed by atoms with Crippen molar-refractivity contribution in [3.8, 4) is 0 Å². The Morgan fingerprint density at radius 1 is 1.21 bits per heavy atom. The summed E-state index contributed by atoms with van der Waals surface area (Å²) in [6.07, 6.45) is 5.18. The van der Waals surface area contributed by atoms with Gasteiger partial charge in [-0.3, -0.25) is 4.21 Å². The number of hydrogen-bond acceptors (Lipinski definition) is 3. The van der Waals surface area contributed by atoms with Crippen molar-refractivity contribution in [3.63, 3.8) is 0 Å². The molecule has 1 aliphatic carbocycles. The SMILES string of the molecule is Nc1cccnc1S(=O)Cc1ccc2c(c1)CCC2. The molecule has 0 fully saturated rings. The summed E-state index contributed by atoms with van der Waals surface area (Å²) in [6, 6.07) is 9.91. The van der Waals surface area contributed by atoms with Crippen molar-refractivity contribution in [1.29, 1.82) is 0 Å². The molecule has 1 heterocycles. The van der Waals surface area contributed by atoms with Gasteiger partial charge in [0.05, 0.1) is 22.2 Å². The van der Waals surface area contributed by atoms with Gasteiger partial charge >= 0.3 is 0 Å². The molecule has 0 amide bonds. The number of fused-ring (bicyclic) bond motifs is 1. The predicted octanol–water partition coefficient (Wildman–Crippen LogP) is 2.46. The number of hydrogen-bond donors (Lipinski definition) is 1. The van der Waals surface area contributed by atoms with Gasteiger partial charge < -0.3 is 5.73 Å². The van der Waals surface area contributed by atoms with Crippen molar-refractivity contribution in [3.05, 3.63) is 53.2 Å². The van der Waals surface area contributed by atoms with Crippen molar-refractivity contribution in [2.45, 2.75) is 30.0 Å². The van der Waals surface area contributed by atoms with E-state index in [0.29, 0.717) is 16.5 Å². The predicted molar refractivity (Wildman–Crippen MR) is 77.2 cm³/mol. The van der Waals surface area contributed by atoms with Gasteiger partial charge in [0, 0.05) is 6.20 Å². The second kappa shape index (κ2) is 5.13. The van der Waals surface area contributed by atoms with Gasteiger partial charge in [0.1, 0.15) is 5.03 Å². The van der Waals surface area contributed by atoms with E-state index >= 15 is 0 Å². The molecular weight excluding hydrogens is 256 g/mol. The minimum absolute atomic E-state index is 0.481. The van der Waals surface area contributed by atoms with Gasteiger partial charge in [-0.2, -0.15) is 0 Å². The van der Waals surface area contributed by atoms with Gasteiger partial charge in [0.2, 0.25) is 0 Å². The Balaban J connectivity index is 1.82. The minimum Gasteiger partial charge on any atom is -0.396 e. The van der Waals surface area contributed by atoms with Gasteiger partial charge in [0.15, 0.2) is 0 Å². The molecule has 0 saturated heterocycles. The van der Waals surface area contributed by atoms with E-state index in [1.165, 1.54) is 24.0 Å². The fraction of sp³-hybridized carbons (Fsp3) is 0.267. The zero-order chi connectivity index (χ0) is 13.2. The number of aromatic nitrogens is 1. The maximum Gasteiger partial charge on any atom is 0.150 e. The average molecular weight is 272 g/mol. The smallest absolute Gasteiger partial charge is 0.150 e. The van der Waals surface area contributed by atoms with Gasteiger partial charge in [-0.05, 0) is 48.1 Å². The lowest BCUT2D eigenvalue weighted by atomic mass is 10.1. The molecule has 0 saturated carbocycles. The van der Waals surface area contributed by atoms with E-state index < -0.39 is 10.8 Å². The molecule has 98 valence electrons. The quantitative estimate of drug-likeness (QED) is 0.933. The molecule has 1 atom stereocenters. The lowest BCUT2D eigenvalue weighted by molar-refractivity contribution is 0.680. The van der Waals surface area contributed by atoms with E-state index in [0.717, 1.165) is 12.0 Å². The molecule has 1 aromatic heterocycles. The van der Waals surface area contributed by atoms with Crippen LogP contribution < -0.4 is 5.73 Å². The monoisotopic (exact) mass is 272 g/mol. The molecule has 2 aromatic rings. The fourth-order valence-corrected chi connectivity index (χ4v) is 3.66. The summed E-state index contributed by atoms with van der Waals surface area (Å²) in [5.41, 5.74) is 10.3. The lowest BCUT2D eigenvalue weighted by Gasteiger charge is -2.06. The van der Waals surface area contributed by atoms with E-state index in [-0.39, 0.29) is 0 Å². The maximum absolute atomic E-state index is 12.3. The second-order valence-corrected chi connectivity index (χ2v) is 6.21. The van der Waals surface area contributed by atoms with Crippen LogP contribution in [0.4, 0.5) is 5.69 Å². The van der Waals surface area contributed by atoms with Crippen LogP contribution in [0.3, 0.4) is 0 Å². The molecule has 2 N–H and O–H groups in total. The topological polar surface area (TPSA) is 56.0 Å². The lowest BCUT2D eigenvalue weighted by Crippen LogP contribution is -2.03. The number of nitrogen functional groups attached to an aromatic ring is 1. The zero-order valence-electron chi connectivity index (χ0n) is 10.6. The van der Waals surface area contributed by atoms with E-state index in [4.69, 9.17) is 5.73 Å². The first-order valence-corrected chi connectivity index (χ1v) is 7.75. The summed E-state index contributed by atoms with van der Waals surface area (Å²) in [5, 5.41) is 0.489. The van der Waals surface area contributed by atoms with Gasteiger partial charge in [0.25, 0.3) is 0 Å². The average Bonchev–Trinajstić information content (AvgIpc) is 2.86. The van der Waals surface area contributed by atoms with E-state index in [9.17, 15) is 4.21 Å². The highest BCUT2D eigenvalue weighted by Crippen LogP contribution is 2.24. The van der Waals surface area contributed by atoms with Crippen LogP contribution in [0.2, 0.25) is 0 Å². The number of anilines is 1. The number of aryl methyl sites for hydroxylation is 2. The highest BCUT2D eigenvalue weighted by Gasteiger charge is 2.14. The largest absolute Gasteiger partial charge is 0.396 e. The molecule has 1 aromatic carbocycles. The van der Waals surface area contributed by atoms with Crippen molar-refractivity contribution in [2.24, 2.45) is 0 Å². The molecule has 1 aliphatic rings. The summed E-state index contributed by atoms with van der Waals surface area (Å²) < 4.78 is 12.3. The van der Waals surface area contributed by atoms with Gasteiger partial charge in [-0.25, -0.2) is 4.98 Å². The Morgan fingerprint density at radius 2 is 2.05 bits per heavy atom. The van der Waals surface area contributed by atoms with Crippen LogP contribution in [0.15, 0.2) is 41.6 Å². The van der Waals surface area contributed by atoms with Crippen LogP contribution >= 0.6 is 0 Å². The number of nitrogens with two attached hydrogens (primary N) is 1. The molecule has 3 nitrogen and oxygen atoms in total. The molecular formula is C15H16N2OS. The van der Waals surface area contributed by atoms with Crippen molar-refractivity contribution in [2.75, 3.05) is 5.73 Å². The van der Waals surface area contributed by atoms with Crippen molar-refractivity contribution < 1.29 is 4.21 Å². The summed E-state index contributed by atoms with van der Waals surface area (Å²) in [5.74, 6) is 0.481. The van der Waals surface area contributed by atoms with Crippen molar-refractivity contribution in [1.82, 2.24) is 4.98 Å². The van der Waals surface area contributed by atoms with Crippen LogP contribution in [-0.4, -0.2) is 9.19 Å². The summed E-state index contributed by atoms with van der Waals surface area (Å²) in [7, 11) is -1.18. The Labute approximate surface area is 115 Å². The Bertz CT molecular complexity index is 640. The first kappa shape index (κ1) is 12.4. The normalized spacial score (nSPS) is 15.2. The molecule has 0 spiro atoms. The van der Waals surface area contributed by atoms with Crippen molar-refractivity contribution >= 4 is 16.5 Å². The number of nitrogens with zero attached hydrogens (tertiary/aromatic N) is 1. The van der Waals surface area contributed by atoms with Crippen LogP contribution in [0.25, 0.3) is 0 Å². The summed E-state index contributed by atoms with van der Waals surface area (Å²) >= 11 is 0. The number of pyridine rings is 1. The van der Waals surface area contributed by atoms with Gasteiger partial charge in [-0.1, -0.05) is 18.2 Å². The highest BCUT2D eigenvalue weighted by molar-refractivity contribution is 7.84. The van der Waals surface area contributed by atoms with Gasteiger partial charge in [-0.15, -0.1) is 0 Å². The third kappa shape index (κ3) is 2.54. The molecule has 4 heteroatoms. The summed E-state index contributed by atoms with van der Waals surface area (Å²) in [4.78, 5) is 4.12. The second-order valence-electron chi connectivity index (χ2n) is 4.84. The number of benzene rings is 1. The maximum atomic E-state index is 12.3. The molecule has 0 aliphatic heterocycles. The minimum atomic E-state index is -1.18. The third-order valence-electron chi connectivity index (χ3n) is 3.48. The number of rotatable bonds is 3. The Morgan fingerprint density at radius 3 is 2.89 bits per heavy atom. The first-order chi connectivity index (χ1) is 9.24. The first-order valence-electron chi connectivity index (χ1n) is 6.43. The van der Waals surface area contributed by atoms with E-state index in [1.807, 2.05) is 0 Å². The highest BCUT2D eigenvalue weighted by atomic mass is 32.2. The van der Waals surface area contributed by atoms with Crippen LogP contribution in [0.1, 0.15) is 23.1 Å². The Kier molecular flexibility index (Phi) is 3.34. The zero-order valence-corrected chi connectivity index (χ0v) is 11.5. The third-order valence-corrected chi connectivity index (χ3v) is 4.84. The molecule has 3 rings (SSSR count). The molecule has 19 heavy (non-hydrogen) atoms. The standard InChI is InChI=1S/C15H16N2OS/c16-14-5-2-8-17-15(14)19(18)10-11-6-7-12-3-1-4-13(12)9-11/h2,5-9H,1,3-4,10,16H2. The van der Waals surface area contributed by atoms with E-state index in [1.54, 1.807) is 18.3 Å². The Hall–Kier alpha value is -1.68.